The molecule has 0 saturated carbocycles. The zero-order chi connectivity index (χ0) is 18.4. The van der Waals surface area contributed by atoms with E-state index in [1.165, 1.54) is 12.1 Å². The highest BCUT2D eigenvalue weighted by Gasteiger charge is 2.20. The van der Waals surface area contributed by atoms with Crippen LogP contribution in [0.5, 0.6) is 5.75 Å². The summed E-state index contributed by atoms with van der Waals surface area (Å²) in [5.41, 5.74) is 0.819. The molecule has 0 unspecified atom stereocenters. The number of anilines is 1. The fraction of sp³-hybridized carbons (Fsp3) is 0.333. The quantitative estimate of drug-likeness (QED) is 0.566. The molecule has 0 aromatic heterocycles. The topological polar surface area (TPSA) is 113 Å². The Hall–Kier alpha value is -2.62. The molecule has 0 atom stereocenters. The van der Waals surface area contributed by atoms with Gasteiger partial charge in [-0.1, -0.05) is 3.89 Å². The van der Waals surface area contributed by atoms with E-state index in [4.69, 9.17) is 5.11 Å². The lowest BCUT2D eigenvalue weighted by Crippen LogP contribution is -2.44. The summed E-state index contributed by atoms with van der Waals surface area (Å²) in [6.07, 6.45) is 3.10. The summed E-state index contributed by atoms with van der Waals surface area (Å²) < 4.78 is 37.4. The molecule has 2 rings (SSSR count). The number of amides is 1. The minimum atomic E-state index is -5.04. The first-order chi connectivity index (χ1) is 11.7. The number of carboxylic acid groups (broad SMARTS) is 1. The van der Waals surface area contributed by atoms with Gasteiger partial charge >= 0.3 is 16.5 Å². The summed E-state index contributed by atoms with van der Waals surface area (Å²) in [5, 5.41) is 11.2. The van der Waals surface area contributed by atoms with E-state index in [9.17, 15) is 21.9 Å². The monoisotopic (exact) mass is 372 g/mol. The molecule has 1 heterocycles. The maximum atomic E-state index is 12.4. The first kappa shape index (κ1) is 18.7. The molecule has 1 aromatic rings. The van der Waals surface area contributed by atoms with Crippen molar-refractivity contribution in [3.63, 3.8) is 0 Å². The summed E-state index contributed by atoms with van der Waals surface area (Å²) in [6.45, 7) is 1.30. The molecule has 1 aliphatic rings. The number of carbonyl (C=O) groups excluding carboxylic acids is 1. The second kappa shape index (κ2) is 7.97. The van der Waals surface area contributed by atoms with Gasteiger partial charge in [-0.25, -0.2) is 4.79 Å². The zero-order valence-electron chi connectivity index (χ0n) is 13.1. The molecule has 1 aliphatic heterocycles. The van der Waals surface area contributed by atoms with Gasteiger partial charge in [-0.15, -0.1) is 0 Å². The number of carbonyl (C=O) groups is 2. The number of carboxylic acids is 1. The van der Waals surface area contributed by atoms with Crippen LogP contribution in [0.15, 0.2) is 36.4 Å². The van der Waals surface area contributed by atoms with Crippen molar-refractivity contribution < 1.29 is 31.2 Å². The van der Waals surface area contributed by atoms with Crippen molar-refractivity contribution in [2.75, 3.05) is 18.0 Å². The number of benzene rings is 1. The largest absolute Gasteiger partial charge is 0.488 e. The van der Waals surface area contributed by atoms with E-state index < -0.39 is 22.4 Å². The molecule has 0 radical (unpaired) electrons. The van der Waals surface area contributed by atoms with Gasteiger partial charge in [0.2, 0.25) is 5.91 Å². The van der Waals surface area contributed by atoms with Gasteiger partial charge < -0.3 is 19.5 Å². The zero-order valence-corrected chi connectivity index (χ0v) is 13.9. The van der Waals surface area contributed by atoms with Gasteiger partial charge in [-0.2, -0.15) is 8.42 Å². The third-order valence-corrected chi connectivity index (χ3v) is 4.01. The predicted octanol–water partition coefficient (Wildman–Crippen LogP) is 1.01. The maximum absolute atomic E-state index is 12.4. The number of hydrogen-bond acceptors (Lipinski definition) is 6. The molecule has 1 aromatic carbocycles. The lowest BCUT2D eigenvalue weighted by Gasteiger charge is -2.33. The average molecular weight is 372 g/mol. The van der Waals surface area contributed by atoms with Crippen molar-refractivity contribution in [2.24, 2.45) is 0 Å². The Labute approximate surface area is 144 Å². The summed E-state index contributed by atoms with van der Waals surface area (Å²) in [7, 11) is -5.04. The van der Waals surface area contributed by atoms with E-state index in [0.29, 0.717) is 25.9 Å². The molecule has 10 heteroatoms. The van der Waals surface area contributed by atoms with Gasteiger partial charge in [-0.05, 0) is 37.1 Å². The van der Waals surface area contributed by atoms with E-state index >= 15 is 0 Å². The van der Waals surface area contributed by atoms with Gasteiger partial charge in [-0.3, -0.25) is 4.79 Å². The summed E-state index contributed by atoms with van der Waals surface area (Å²) in [4.78, 5) is 23.9. The molecule has 2 N–H and O–H groups in total. The highest BCUT2D eigenvalue weighted by atomic mass is 32.3. The van der Waals surface area contributed by atoms with Crippen LogP contribution in [0.25, 0.3) is 0 Å². The van der Waals surface area contributed by atoms with E-state index in [2.05, 4.69) is 9.50 Å². The van der Waals surface area contributed by atoms with Gasteiger partial charge in [0.1, 0.15) is 5.75 Å². The number of nitrogens with one attached hydrogen (secondary N) is 1. The maximum Gasteiger partial charge on any atom is 0.488 e. The number of halogens is 1. The Bertz CT molecular complexity index is 755. The molecule has 25 heavy (non-hydrogen) atoms. The van der Waals surface area contributed by atoms with Crippen LogP contribution in [0, 0.1) is 0 Å². The Morgan fingerprint density at radius 3 is 2.32 bits per heavy atom. The summed E-state index contributed by atoms with van der Waals surface area (Å²) in [6, 6.07) is 5.90. The third kappa shape index (κ3) is 6.42. The number of rotatable bonds is 6. The second-order valence-electron chi connectivity index (χ2n) is 5.41. The first-order valence-electron chi connectivity index (χ1n) is 7.43. The van der Waals surface area contributed by atoms with Crippen LogP contribution in [0.3, 0.4) is 0 Å². The Morgan fingerprint density at radius 2 is 1.80 bits per heavy atom. The molecule has 1 amide bonds. The number of hydrogen-bond donors (Lipinski definition) is 2. The molecule has 1 saturated heterocycles. The normalized spacial score (nSPS) is 16.0. The highest BCUT2D eigenvalue weighted by molar-refractivity contribution is 7.81. The van der Waals surface area contributed by atoms with Crippen LogP contribution in [0.4, 0.5) is 9.57 Å². The SMILES string of the molecule is O=C(O)/C=C\C(=O)NC1CCN(c2ccc(OS(=O)(=O)F)cc2)CC1. The summed E-state index contributed by atoms with van der Waals surface area (Å²) in [5.74, 6) is -1.74. The van der Waals surface area contributed by atoms with Gasteiger partial charge in [0.25, 0.3) is 0 Å². The van der Waals surface area contributed by atoms with Crippen molar-refractivity contribution >= 4 is 28.1 Å². The average Bonchev–Trinajstić information content (AvgIpc) is 2.53. The van der Waals surface area contributed by atoms with Crippen molar-refractivity contribution in [3.8, 4) is 5.75 Å². The van der Waals surface area contributed by atoms with Crippen LogP contribution in [-0.2, 0) is 20.1 Å². The van der Waals surface area contributed by atoms with Crippen LogP contribution >= 0.6 is 0 Å². The van der Waals surface area contributed by atoms with E-state index in [1.54, 1.807) is 12.1 Å². The highest BCUT2D eigenvalue weighted by Crippen LogP contribution is 2.23. The molecule has 8 nitrogen and oxygen atoms in total. The van der Waals surface area contributed by atoms with Crippen LogP contribution < -0.4 is 14.4 Å². The Balaban J connectivity index is 1.85. The lowest BCUT2D eigenvalue weighted by atomic mass is 10.0. The van der Waals surface area contributed by atoms with Crippen molar-refractivity contribution in [3.05, 3.63) is 36.4 Å². The van der Waals surface area contributed by atoms with Crippen LogP contribution in [0.1, 0.15) is 12.8 Å². The molecular formula is C15H17FN2O6S. The van der Waals surface area contributed by atoms with E-state index in [-0.39, 0.29) is 11.8 Å². The number of nitrogens with zero attached hydrogens (tertiary/aromatic N) is 1. The van der Waals surface area contributed by atoms with E-state index in [1.807, 2.05) is 4.90 Å². The molecule has 0 spiro atoms. The lowest BCUT2D eigenvalue weighted by molar-refractivity contribution is -0.131. The fourth-order valence-corrected chi connectivity index (χ4v) is 2.85. The van der Waals surface area contributed by atoms with Crippen molar-refractivity contribution in [1.82, 2.24) is 5.32 Å². The van der Waals surface area contributed by atoms with Crippen molar-refractivity contribution in [2.45, 2.75) is 18.9 Å². The number of aliphatic carboxylic acids is 1. The van der Waals surface area contributed by atoms with Crippen LogP contribution in [-0.4, -0.2) is 44.5 Å². The van der Waals surface area contributed by atoms with E-state index in [0.717, 1.165) is 17.8 Å². The van der Waals surface area contributed by atoms with Crippen molar-refractivity contribution in [1.29, 1.82) is 0 Å². The minimum Gasteiger partial charge on any atom is -0.478 e. The molecular weight excluding hydrogens is 355 g/mol. The molecule has 0 bridgehead atoms. The summed E-state index contributed by atoms with van der Waals surface area (Å²) >= 11 is 0. The second-order valence-corrected chi connectivity index (χ2v) is 6.36. The first-order valence-corrected chi connectivity index (χ1v) is 8.74. The third-order valence-electron chi connectivity index (χ3n) is 3.62. The van der Waals surface area contributed by atoms with Gasteiger partial charge in [0, 0.05) is 37.0 Å². The fourth-order valence-electron chi connectivity index (χ4n) is 2.51. The van der Waals surface area contributed by atoms with Gasteiger partial charge in [0.15, 0.2) is 0 Å². The standard InChI is InChI=1S/C15H17FN2O6S/c16-25(22,23)24-13-3-1-12(2-4-13)18-9-7-11(8-10-18)17-14(19)5-6-15(20)21/h1-6,11H,7-10H2,(H,17,19)(H,20,21)/b6-5-. The molecule has 1 fully saturated rings. The Morgan fingerprint density at radius 1 is 1.20 bits per heavy atom. The predicted molar refractivity (Wildman–Crippen MR) is 87.3 cm³/mol. The molecule has 136 valence electrons. The number of piperidine rings is 1. The smallest absolute Gasteiger partial charge is 0.478 e. The molecule has 0 aliphatic carbocycles. The minimum absolute atomic E-state index is 0.0542. The van der Waals surface area contributed by atoms with Gasteiger partial charge in [0.05, 0.1) is 0 Å². The van der Waals surface area contributed by atoms with Crippen LogP contribution in [0.2, 0.25) is 0 Å². The Kier molecular flexibility index (Phi) is 5.97.